The second-order valence-electron chi connectivity index (χ2n) is 4.00. The predicted octanol–water partition coefficient (Wildman–Crippen LogP) is 2.51. The van der Waals surface area contributed by atoms with Crippen LogP contribution in [0.2, 0.25) is 0 Å². The Balaban J connectivity index is 1.98. The van der Waals surface area contributed by atoms with E-state index in [9.17, 15) is 9.59 Å². The Morgan fingerprint density at radius 1 is 1.15 bits per heavy atom. The van der Waals surface area contributed by atoms with Gasteiger partial charge in [-0.3, -0.25) is 4.79 Å². The van der Waals surface area contributed by atoms with Crippen LogP contribution in [-0.4, -0.2) is 11.6 Å². The van der Waals surface area contributed by atoms with Crippen molar-refractivity contribution in [3.8, 4) is 0 Å². The summed E-state index contributed by atoms with van der Waals surface area (Å²) >= 11 is 0. The summed E-state index contributed by atoms with van der Waals surface area (Å²) in [5, 5.41) is 0. The van der Waals surface area contributed by atoms with Crippen molar-refractivity contribution in [2.45, 2.75) is 51.9 Å². The zero-order chi connectivity index (χ0) is 9.68. The lowest BCUT2D eigenvalue weighted by molar-refractivity contribution is -0.125. The minimum Gasteiger partial charge on any atom is -0.300 e. The molecule has 0 saturated heterocycles. The molecule has 0 aromatic carbocycles. The number of rotatable bonds is 6. The maximum absolute atomic E-state index is 11.4. The van der Waals surface area contributed by atoms with E-state index < -0.39 is 0 Å². The number of ketones is 2. The quantitative estimate of drug-likeness (QED) is 0.591. The van der Waals surface area contributed by atoms with Crippen LogP contribution in [0.15, 0.2) is 0 Å². The minimum atomic E-state index is 0.232. The third-order valence-corrected chi connectivity index (χ3v) is 2.76. The Morgan fingerprint density at radius 3 is 2.23 bits per heavy atom. The molecule has 0 radical (unpaired) electrons. The van der Waals surface area contributed by atoms with Crippen LogP contribution >= 0.6 is 0 Å². The van der Waals surface area contributed by atoms with Gasteiger partial charge in [0, 0.05) is 18.8 Å². The average molecular weight is 182 g/mol. The lowest BCUT2D eigenvalue weighted by Gasteiger charge is -2.23. The molecule has 0 spiro atoms. The van der Waals surface area contributed by atoms with Crippen LogP contribution in [0.4, 0.5) is 0 Å². The van der Waals surface area contributed by atoms with Crippen molar-refractivity contribution in [2.24, 2.45) is 5.92 Å². The summed E-state index contributed by atoms with van der Waals surface area (Å²) in [4.78, 5) is 22.0. The lowest BCUT2D eigenvalue weighted by atomic mass is 9.80. The molecule has 0 aliphatic heterocycles. The van der Waals surface area contributed by atoms with Gasteiger partial charge in [0.05, 0.1) is 0 Å². The summed E-state index contributed by atoms with van der Waals surface area (Å²) < 4.78 is 0. The largest absolute Gasteiger partial charge is 0.300 e. The zero-order valence-electron chi connectivity index (χ0n) is 8.34. The van der Waals surface area contributed by atoms with Gasteiger partial charge in [0.25, 0.3) is 0 Å². The number of Topliss-reactive ketones (excluding diaryl/α,β-unsaturated/α-hetero) is 2. The van der Waals surface area contributed by atoms with Crippen LogP contribution < -0.4 is 0 Å². The van der Waals surface area contributed by atoms with E-state index in [4.69, 9.17) is 0 Å². The van der Waals surface area contributed by atoms with E-state index in [0.29, 0.717) is 24.5 Å². The molecule has 2 heteroatoms. The SMILES string of the molecule is CC(=O)CCCCC(=O)C1CCC1. The van der Waals surface area contributed by atoms with E-state index in [-0.39, 0.29) is 5.78 Å². The summed E-state index contributed by atoms with van der Waals surface area (Å²) in [5.74, 6) is 1.03. The van der Waals surface area contributed by atoms with Crippen LogP contribution in [0.1, 0.15) is 51.9 Å². The van der Waals surface area contributed by atoms with E-state index in [2.05, 4.69) is 0 Å². The van der Waals surface area contributed by atoms with Gasteiger partial charge in [-0.25, -0.2) is 0 Å². The fraction of sp³-hybridized carbons (Fsp3) is 0.818. The molecule has 13 heavy (non-hydrogen) atoms. The fourth-order valence-electron chi connectivity index (χ4n) is 1.61. The molecule has 1 fully saturated rings. The second-order valence-corrected chi connectivity index (χ2v) is 4.00. The Labute approximate surface area is 79.7 Å². The highest BCUT2D eigenvalue weighted by molar-refractivity contribution is 5.81. The maximum atomic E-state index is 11.4. The molecule has 74 valence electrons. The molecule has 1 aliphatic rings. The molecule has 0 bridgehead atoms. The molecule has 0 amide bonds. The van der Waals surface area contributed by atoms with Gasteiger partial charge in [-0.2, -0.15) is 0 Å². The maximum Gasteiger partial charge on any atom is 0.135 e. The smallest absolute Gasteiger partial charge is 0.135 e. The van der Waals surface area contributed by atoms with Crippen molar-refractivity contribution >= 4 is 11.6 Å². The van der Waals surface area contributed by atoms with Crippen LogP contribution in [0.25, 0.3) is 0 Å². The first-order valence-electron chi connectivity index (χ1n) is 5.22. The van der Waals surface area contributed by atoms with E-state index in [1.165, 1.54) is 6.42 Å². The number of carbonyl (C=O) groups is 2. The van der Waals surface area contributed by atoms with Crippen LogP contribution in [-0.2, 0) is 9.59 Å². The van der Waals surface area contributed by atoms with Crippen LogP contribution in [0.3, 0.4) is 0 Å². The molecule has 1 saturated carbocycles. The lowest BCUT2D eigenvalue weighted by Crippen LogP contribution is -2.21. The third-order valence-electron chi connectivity index (χ3n) is 2.76. The number of unbranched alkanes of at least 4 members (excludes halogenated alkanes) is 1. The monoisotopic (exact) mass is 182 g/mol. The first kappa shape index (κ1) is 10.4. The zero-order valence-corrected chi connectivity index (χ0v) is 8.34. The molecule has 0 atom stereocenters. The van der Waals surface area contributed by atoms with Gasteiger partial charge in [-0.1, -0.05) is 6.42 Å². The Morgan fingerprint density at radius 2 is 1.77 bits per heavy atom. The predicted molar refractivity (Wildman–Crippen MR) is 51.5 cm³/mol. The highest BCUT2D eigenvalue weighted by atomic mass is 16.1. The average Bonchev–Trinajstić information content (AvgIpc) is 1.94. The molecule has 1 rings (SSSR count). The van der Waals surface area contributed by atoms with Crippen molar-refractivity contribution < 1.29 is 9.59 Å². The first-order valence-corrected chi connectivity index (χ1v) is 5.22. The summed E-state index contributed by atoms with van der Waals surface area (Å²) in [6.45, 7) is 1.60. The van der Waals surface area contributed by atoms with Crippen molar-refractivity contribution in [1.82, 2.24) is 0 Å². The Hall–Kier alpha value is -0.660. The molecular weight excluding hydrogens is 164 g/mol. The summed E-state index contributed by atoms with van der Waals surface area (Å²) in [5.41, 5.74) is 0. The van der Waals surface area contributed by atoms with E-state index >= 15 is 0 Å². The summed E-state index contributed by atoms with van der Waals surface area (Å²) in [6.07, 6.45) is 6.54. The topological polar surface area (TPSA) is 34.1 Å². The fourth-order valence-corrected chi connectivity index (χ4v) is 1.61. The number of hydrogen-bond donors (Lipinski definition) is 0. The van der Waals surface area contributed by atoms with E-state index in [1.807, 2.05) is 0 Å². The molecule has 1 aliphatic carbocycles. The van der Waals surface area contributed by atoms with E-state index in [0.717, 1.165) is 25.7 Å². The van der Waals surface area contributed by atoms with Gasteiger partial charge in [-0.05, 0) is 32.6 Å². The molecule has 0 unspecified atom stereocenters. The molecule has 0 aromatic rings. The van der Waals surface area contributed by atoms with Gasteiger partial charge in [0.1, 0.15) is 11.6 Å². The summed E-state index contributed by atoms with van der Waals surface area (Å²) in [7, 11) is 0. The molecule has 2 nitrogen and oxygen atoms in total. The van der Waals surface area contributed by atoms with Crippen molar-refractivity contribution in [3.63, 3.8) is 0 Å². The van der Waals surface area contributed by atoms with Crippen molar-refractivity contribution in [2.75, 3.05) is 0 Å². The number of carbonyl (C=O) groups excluding carboxylic acids is 2. The molecule has 0 heterocycles. The Bertz CT molecular complexity index is 192. The summed E-state index contributed by atoms with van der Waals surface area (Å²) in [6, 6.07) is 0. The van der Waals surface area contributed by atoms with Gasteiger partial charge >= 0.3 is 0 Å². The van der Waals surface area contributed by atoms with Gasteiger partial charge in [0.2, 0.25) is 0 Å². The highest BCUT2D eigenvalue weighted by Crippen LogP contribution is 2.28. The number of hydrogen-bond acceptors (Lipinski definition) is 2. The van der Waals surface area contributed by atoms with Crippen LogP contribution in [0, 0.1) is 5.92 Å². The Kier molecular flexibility index (Phi) is 4.13. The minimum absolute atomic E-state index is 0.232. The molecule has 0 aromatic heterocycles. The van der Waals surface area contributed by atoms with Gasteiger partial charge in [-0.15, -0.1) is 0 Å². The van der Waals surface area contributed by atoms with Crippen molar-refractivity contribution in [1.29, 1.82) is 0 Å². The standard InChI is InChI=1S/C11H18O2/c1-9(12)5-2-3-8-11(13)10-6-4-7-10/h10H,2-8H2,1H3. The van der Waals surface area contributed by atoms with Gasteiger partial charge < -0.3 is 4.79 Å². The second kappa shape index (κ2) is 5.15. The molecule has 0 N–H and O–H groups in total. The highest BCUT2D eigenvalue weighted by Gasteiger charge is 2.23. The van der Waals surface area contributed by atoms with Crippen LogP contribution in [0.5, 0.6) is 0 Å². The first-order chi connectivity index (χ1) is 6.20. The normalized spacial score (nSPS) is 16.7. The van der Waals surface area contributed by atoms with E-state index in [1.54, 1.807) is 6.92 Å². The third kappa shape index (κ3) is 3.71. The molecular formula is C11H18O2. The van der Waals surface area contributed by atoms with Gasteiger partial charge in [0.15, 0.2) is 0 Å². The van der Waals surface area contributed by atoms with Crippen molar-refractivity contribution in [3.05, 3.63) is 0 Å².